The summed E-state index contributed by atoms with van der Waals surface area (Å²) in [6.07, 6.45) is 0.181. The van der Waals surface area contributed by atoms with E-state index in [1.165, 1.54) is 11.3 Å². The Kier molecular flexibility index (Phi) is 4.76. The number of hydrazine groups is 1. The van der Waals surface area contributed by atoms with Gasteiger partial charge < -0.3 is 0 Å². The van der Waals surface area contributed by atoms with Crippen LogP contribution in [0.3, 0.4) is 0 Å². The van der Waals surface area contributed by atoms with Gasteiger partial charge in [0.2, 0.25) is 5.91 Å². The smallest absolute Gasteiger partial charge is 0.273 e. The summed E-state index contributed by atoms with van der Waals surface area (Å²) in [5.41, 5.74) is 6.52. The fourth-order valence-electron chi connectivity index (χ4n) is 1.62. The van der Waals surface area contributed by atoms with Crippen molar-refractivity contribution in [3.8, 4) is 0 Å². The van der Waals surface area contributed by atoms with Gasteiger partial charge in [-0.05, 0) is 41.6 Å². The molecule has 0 radical (unpaired) electrons. The van der Waals surface area contributed by atoms with Gasteiger partial charge in [0.15, 0.2) is 0 Å². The number of carbonyl (C=O) groups is 2. The molecule has 0 bridgehead atoms. The fourth-order valence-corrected chi connectivity index (χ4v) is 2.57. The average Bonchev–Trinajstić information content (AvgIpc) is 2.85. The van der Waals surface area contributed by atoms with Crippen LogP contribution >= 0.6 is 22.9 Å². The first-order chi connectivity index (χ1) is 9.56. The molecule has 2 aromatic rings. The van der Waals surface area contributed by atoms with Crippen LogP contribution in [0, 0.1) is 6.92 Å². The van der Waals surface area contributed by atoms with Crippen LogP contribution < -0.4 is 10.9 Å². The van der Waals surface area contributed by atoms with Crippen molar-refractivity contribution in [2.75, 3.05) is 0 Å². The summed E-state index contributed by atoms with van der Waals surface area (Å²) in [6.45, 7) is 1.85. The zero-order chi connectivity index (χ0) is 14.5. The molecular weight excluding hydrogens is 296 g/mol. The van der Waals surface area contributed by atoms with Crippen LogP contribution in [0.25, 0.3) is 0 Å². The molecule has 0 unspecified atom stereocenters. The van der Waals surface area contributed by atoms with E-state index in [9.17, 15) is 9.59 Å². The number of benzene rings is 1. The van der Waals surface area contributed by atoms with Gasteiger partial charge in [-0.2, -0.15) is 0 Å². The average molecular weight is 309 g/mol. The molecule has 104 valence electrons. The van der Waals surface area contributed by atoms with Gasteiger partial charge in [0, 0.05) is 5.02 Å². The number of thiophene rings is 1. The Hall–Kier alpha value is -1.85. The Labute approximate surface area is 125 Å². The number of nitrogens with one attached hydrogen (secondary N) is 2. The molecule has 1 aromatic heterocycles. The number of hydrogen-bond acceptors (Lipinski definition) is 3. The predicted molar refractivity (Wildman–Crippen MR) is 79.8 cm³/mol. The van der Waals surface area contributed by atoms with E-state index in [4.69, 9.17) is 11.6 Å². The van der Waals surface area contributed by atoms with E-state index in [0.717, 1.165) is 11.1 Å². The lowest BCUT2D eigenvalue weighted by Crippen LogP contribution is -2.42. The Balaban J connectivity index is 1.85. The van der Waals surface area contributed by atoms with Crippen molar-refractivity contribution in [2.24, 2.45) is 0 Å². The zero-order valence-electron chi connectivity index (χ0n) is 10.8. The molecule has 0 saturated heterocycles. The monoisotopic (exact) mass is 308 g/mol. The first kappa shape index (κ1) is 14.6. The lowest BCUT2D eigenvalue weighted by atomic mass is 10.1. The summed E-state index contributed by atoms with van der Waals surface area (Å²) in [5.74, 6) is -0.586. The molecular formula is C14H13ClN2O2S. The maximum Gasteiger partial charge on any atom is 0.280 e. The summed E-state index contributed by atoms with van der Waals surface area (Å²) in [5, 5.41) is 2.45. The Morgan fingerprint density at radius 3 is 2.45 bits per heavy atom. The Morgan fingerprint density at radius 2 is 1.85 bits per heavy atom. The number of halogens is 1. The van der Waals surface area contributed by atoms with Gasteiger partial charge in [0.25, 0.3) is 5.91 Å². The molecule has 0 spiro atoms. The molecule has 0 saturated carbocycles. The van der Waals surface area contributed by atoms with Gasteiger partial charge in [-0.15, -0.1) is 11.3 Å². The van der Waals surface area contributed by atoms with Crippen LogP contribution in [-0.4, -0.2) is 11.8 Å². The molecule has 2 rings (SSSR count). The molecule has 20 heavy (non-hydrogen) atoms. The fraction of sp³-hybridized carbons (Fsp3) is 0.143. The van der Waals surface area contributed by atoms with Gasteiger partial charge >= 0.3 is 0 Å². The van der Waals surface area contributed by atoms with Gasteiger partial charge in [0.1, 0.15) is 0 Å². The molecule has 0 aliphatic heterocycles. The van der Waals surface area contributed by atoms with Crippen LogP contribution in [0.4, 0.5) is 0 Å². The lowest BCUT2D eigenvalue weighted by Gasteiger charge is -2.07. The number of carbonyl (C=O) groups excluding carboxylic acids is 2. The van der Waals surface area contributed by atoms with E-state index < -0.39 is 0 Å². The molecule has 2 amide bonds. The third kappa shape index (κ3) is 3.82. The van der Waals surface area contributed by atoms with Crippen molar-refractivity contribution in [3.63, 3.8) is 0 Å². The van der Waals surface area contributed by atoms with Crippen molar-refractivity contribution in [2.45, 2.75) is 13.3 Å². The van der Waals surface area contributed by atoms with E-state index in [1.54, 1.807) is 24.3 Å². The Bertz CT molecular complexity index is 622. The number of amides is 2. The second-order valence-corrected chi connectivity index (χ2v) is 5.59. The molecule has 0 fully saturated rings. The van der Waals surface area contributed by atoms with Crippen molar-refractivity contribution in [3.05, 3.63) is 56.7 Å². The third-order valence-electron chi connectivity index (χ3n) is 2.66. The molecule has 1 heterocycles. The van der Waals surface area contributed by atoms with E-state index in [2.05, 4.69) is 10.9 Å². The normalized spacial score (nSPS) is 10.1. The molecule has 0 atom stereocenters. The lowest BCUT2D eigenvalue weighted by molar-refractivity contribution is -0.121. The second-order valence-electron chi connectivity index (χ2n) is 4.24. The summed E-state index contributed by atoms with van der Waals surface area (Å²) in [7, 11) is 0. The minimum Gasteiger partial charge on any atom is -0.273 e. The maximum atomic E-state index is 11.8. The van der Waals surface area contributed by atoms with Crippen LogP contribution in [0.2, 0.25) is 5.02 Å². The predicted octanol–water partition coefficient (Wildman–Crippen LogP) is 2.71. The minimum absolute atomic E-state index is 0.181. The highest BCUT2D eigenvalue weighted by molar-refractivity contribution is 7.12. The highest BCUT2D eigenvalue weighted by atomic mass is 35.5. The molecule has 2 N–H and O–H groups in total. The van der Waals surface area contributed by atoms with Crippen molar-refractivity contribution < 1.29 is 9.59 Å². The van der Waals surface area contributed by atoms with Gasteiger partial charge in [-0.25, -0.2) is 0 Å². The van der Waals surface area contributed by atoms with Gasteiger partial charge in [0.05, 0.1) is 11.3 Å². The first-order valence-electron chi connectivity index (χ1n) is 5.94. The summed E-state index contributed by atoms with van der Waals surface area (Å²) < 4.78 is 0. The van der Waals surface area contributed by atoms with Crippen LogP contribution in [0.1, 0.15) is 20.8 Å². The van der Waals surface area contributed by atoms with Gasteiger partial charge in [-0.1, -0.05) is 23.7 Å². The van der Waals surface area contributed by atoms with Crippen LogP contribution in [-0.2, 0) is 11.2 Å². The molecule has 6 heteroatoms. The number of rotatable bonds is 3. The highest BCUT2D eigenvalue weighted by Crippen LogP contribution is 2.14. The van der Waals surface area contributed by atoms with Crippen molar-refractivity contribution in [1.82, 2.24) is 10.9 Å². The summed E-state index contributed by atoms with van der Waals surface area (Å²) in [4.78, 5) is 24.1. The second kappa shape index (κ2) is 6.54. The van der Waals surface area contributed by atoms with E-state index >= 15 is 0 Å². The van der Waals surface area contributed by atoms with Crippen LogP contribution in [0.15, 0.2) is 35.7 Å². The standard InChI is InChI=1S/C14H13ClN2O2S/c1-9-6-7-20-13(9)14(19)17-16-12(18)8-10-2-4-11(15)5-3-10/h2-7H,8H2,1H3,(H,16,18)(H,17,19). The summed E-state index contributed by atoms with van der Waals surface area (Å²) in [6, 6.07) is 8.84. The first-order valence-corrected chi connectivity index (χ1v) is 7.20. The van der Waals surface area contributed by atoms with Gasteiger partial charge in [-0.3, -0.25) is 20.4 Å². The topological polar surface area (TPSA) is 58.2 Å². The summed E-state index contributed by atoms with van der Waals surface area (Å²) >= 11 is 7.10. The quantitative estimate of drug-likeness (QED) is 0.857. The zero-order valence-corrected chi connectivity index (χ0v) is 12.3. The van der Waals surface area contributed by atoms with Crippen LogP contribution in [0.5, 0.6) is 0 Å². The van der Waals surface area contributed by atoms with E-state index in [1.807, 2.05) is 18.4 Å². The van der Waals surface area contributed by atoms with E-state index in [-0.39, 0.29) is 18.2 Å². The number of hydrogen-bond donors (Lipinski definition) is 2. The number of aryl methyl sites for hydroxylation is 1. The minimum atomic E-state index is -0.304. The molecule has 0 aliphatic carbocycles. The largest absolute Gasteiger partial charge is 0.280 e. The third-order valence-corrected chi connectivity index (χ3v) is 3.93. The molecule has 0 aliphatic rings. The highest BCUT2D eigenvalue weighted by Gasteiger charge is 2.11. The van der Waals surface area contributed by atoms with E-state index in [0.29, 0.717) is 9.90 Å². The van der Waals surface area contributed by atoms with Crippen molar-refractivity contribution in [1.29, 1.82) is 0 Å². The Morgan fingerprint density at radius 1 is 1.15 bits per heavy atom. The maximum absolute atomic E-state index is 11.8. The van der Waals surface area contributed by atoms with Crippen molar-refractivity contribution >= 4 is 34.8 Å². The molecule has 4 nitrogen and oxygen atoms in total. The molecule has 1 aromatic carbocycles. The SMILES string of the molecule is Cc1ccsc1C(=O)NNC(=O)Cc1ccc(Cl)cc1.